The van der Waals surface area contributed by atoms with E-state index in [4.69, 9.17) is 9.97 Å². The number of para-hydroxylation sites is 2. The largest absolute Gasteiger partial charge is 0.358 e. The van der Waals surface area contributed by atoms with Gasteiger partial charge in [-0.25, -0.2) is 19.9 Å². The molecule has 1 saturated heterocycles. The molecule has 178 valence electrons. The maximum atomic E-state index is 13.2. The Bertz CT molecular complexity index is 1490. The van der Waals surface area contributed by atoms with Crippen LogP contribution in [0.4, 0.5) is 5.00 Å². The second kappa shape index (κ2) is 8.77. The molecule has 0 unspecified atom stereocenters. The standard InChI is InChI=1S/C25H26N8OS/c1-3-20-30-22(23-28-17-7-4-5-8-18(17)29-23)25(35-20)31-11-12-33(16(2)13-31)21(34)14-32-15-27-19-9-6-10-26-24(19)32/h4-10,15-16H,3,11-14H2,1-2H3,(H,28,29)/t16-/m1/s1. The number of piperazine rings is 1. The van der Waals surface area contributed by atoms with Gasteiger partial charge in [0.15, 0.2) is 11.5 Å². The Morgan fingerprint density at radius 1 is 1.11 bits per heavy atom. The van der Waals surface area contributed by atoms with Crippen molar-refractivity contribution >= 4 is 44.4 Å². The van der Waals surface area contributed by atoms with E-state index in [2.05, 4.69) is 33.7 Å². The van der Waals surface area contributed by atoms with Gasteiger partial charge in [-0.2, -0.15) is 0 Å². The number of carbonyl (C=O) groups excluding carboxylic acids is 1. The number of imidazole rings is 2. The first-order valence-corrected chi connectivity index (χ1v) is 12.7. The number of amides is 1. The third-order valence-corrected chi connectivity index (χ3v) is 7.75. The Kier molecular flexibility index (Phi) is 5.44. The third kappa shape index (κ3) is 3.93. The van der Waals surface area contributed by atoms with Crippen molar-refractivity contribution in [2.75, 3.05) is 24.5 Å². The maximum absolute atomic E-state index is 13.2. The Hall–Kier alpha value is -3.79. The molecule has 1 aliphatic rings. The van der Waals surface area contributed by atoms with Gasteiger partial charge >= 0.3 is 0 Å². The number of nitrogens with one attached hydrogen (secondary N) is 1. The Morgan fingerprint density at radius 3 is 2.80 bits per heavy atom. The fraction of sp³-hybridized carbons (Fsp3) is 0.320. The Balaban J connectivity index is 1.22. The smallest absolute Gasteiger partial charge is 0.242 e. The lowest BCUT2D eigenvalue weighted by atomic mass is 10.2. The summed E-state index contributed by atoms with van der Waals surface area (Å²) < 4.78 is 1.83. The number of nitrogens with zero attached hydrogens (tertiary/aromatic N) is 7. The highest BCUT2D eigenvalue weighted by atomic mass is 32.1. The van der Waals surface area contributed by atoms with Crippen LogP contribution in [0.25, 0.3) is 33.7 Å². The fourth-order valence-corrected chi connectivity index (χ4v) is 5.74. The van der Waals surface area contributed by atoms with Gasteiger partial charge in [0, 0.05) is 31.9 Å². The van der Waals surface area contributed by atoms with Crippen molar-refractivity contribution in [2.24, 2.45) is 0 Å². The maximum Gasteiger partial charge on any atom is 0.242 e. The van der Waals surface area contributed by atoms with E-state index >= 15 is 0 Å². The van der Waals surface area contributed by atoms with Crippen molar-refractivity contribution in [3.63, 3.8) is 0 Å². The van der Waals surface area contributed by atoms with Gasteiger partial charge in [-0.1, -0.05) is 19.1 Å². The molecular weight excluding hydrogens is 460 g/mol. The zero-order valence-electron chi connectivity index (χ0n) is 19.7. The zero-order chi connectivity index (χ0) is 23.9. The van der Waals surface area contributed by atoms with Crippen LogP contribution in [0.1, 0.15) is 18.9 Å². The van der Waals surface area contributed by atoms with Crippen molar-refractivity contribution in [3.05, 3.63) is 53.9 Å². The number of aryl methyl sites for hydroxylation is 1. The summed E-state index contributed by atoms with van der Waals surface area (Å²) in [5.41, 5.74) is 4.37. The van der Waals surface area contributed by atoms with Gasteiger partial charge in [0.05, 0.1) is 22.4 Å². The van der Waals surface area contributed by atoms with Crippen molar-refractivity contribution < 1.29 is 4.79 Å². The summed E-state index contributed by atoms with van der Waals surface area (Å²) in [5, 5.41) is 2.20. The third-order valence-electron chi connectivity index (χ3n) is 6.48. The molecule has 35 heavy (non-hydrogen) atoms. The van der Waals surface area contributed by atoms with E-state index in [0.717, 1.165) is 63.2 Å². The van der Waals surface area contributed by atoms with Crippen LogP contribution in [0.3, 0.4) is 0 Å². The van der Waals surface area contributed by atoms with Gasteiger partial charge in [0.2, 0.25) is 5.91 Å². The van der Waals surface area contributed by atoms with Crippen LogP contribution < -0.4 is 4.90 Å². The summed E-state index contributed by atoms with van der Waals surface area (Å²) in [6, 6.07) is 11.9. The van der Waals surface area contributed by atoms with E-state index < -0.39 is 0 Å². The van der Waals surface area contributed by atoms with Crippen LogP contribution >= 0.6 is 11.3 Å². The minimum atomic E-state index is 0.0645. The number of pyridine rings is 1. The monoisotopic (exact) mass is 486 g/mol. The van der Waals surface area contributed by atoms with E-state index in [-0.39, 0.29) is 18.5 Å². The number of fused-ring (bicyclic) bond motifs is 2. The lowest BCUT2D eigenvalue weighted by Crippen LogP contribution is -2.54. The van der Waals surface area contributed by atoms with E-state index in [1.54, 1.807) is 23.9 Å². The van der Waals surface area contributed by atoms with Crippen LogP contribution in [-0.2, 0) is 17.8 Å². The van der Waals surface area contributed by atoms with E-state index in [1.165, 1.54) is 0 Å². The van der Waals surface area contributed by atoms with Gasteiger partial charge in [-0.3, -0.25) is 4.79 Å². The molecule has 6 rings (SSSR count). The number of H-pyrrole nitrogens is 1. The van der Waals surface area contributed by atoms with Crippen LogP contribution in [0, 0.1) is 0 Å². The lowest BCUT2D eigenvalue weighted by molar-refractivity contribution is -0.134. The Morgan fingerprint density at radius 2 is 1.97 bits per heavy atom. The molecule has 1 aliphatic heterocycles. The average Bonchev–Trinajstić information content (AvgIpc) is 3.60. The average molecular weight is 487 g/mol. The second-order valence-corrected chi connectivity index (χ2v) is 9.88. The molecule has 1 aromatic carbocycles. The van der Waals surface area contributed by atoms with Gasteiger partial charge in [-0.15, -0.1) is 11.3 Å². The van der Waals surface area contributed by atoms with Crippen molar-refractivity contribution in [1.82, 2.24) is 34.4 Å². The number of thiazole rings is 1. The zero-order valence-corrected chi connectivity index (χ0v) is 20.5. The number of aromatic amines is 1. The van der Waals surface area contributed by atoms with Gasteiger partial charge in [0.1, 0.15) is 22.8 Å². The molecule has 0 radical (unpaired) electrons. The molecule has 0 spiro atoms. The predicted molar refractivity (Wildman–Crippen MR) is 137 cm³/mol. The first-order chi connectivity index (χ1) is 17.1. The quantitative estimate of drug-likeness (QED) is 0.407. The van der Waals surface area contributed by atoms with Crippen LogP contribution in [0.2, 0.25) is 0 Å². The fourth-order valence-electron chi connectivity index (χ4n) is 4.70. The molecule has 0 aliphatic carbocycles. The molecular formula is C25H26N8OS. The first kappa shape index (κ1) is 21.7. The number of rotatable bonds is 5. The number of carbonyl (C=O) groups is 1. The number of aromatic nitrogens is 6. The number of benzene rings is 1. The lowest BCUT2D eigenvalue weighted by Gasteiger charge is -2.40. The van der Waals surface area contributed by atoms with Gasteiger partial charge in [-0.05, 0) is 37.6 Å². The molecule has 1 atom stereocenters. The first-order valence-electron chi connectivity index (χ1n) is 11.9. The molecule has 1 N–H and O–H groups in total. The summed E-state index contributed by atoms with van der Waals surface area (Å²) in [6.45, 7) is 6.61. The number of hydrogen-bond acceptors (Lipinski definition) is 7. The summed E-state index contributed by atoms with van der Waals surface area (Å²) in [5.74, 6) is 0.876. The highest BCUT2D eigenvalue weighted by molar-refractivity contribution is 7.16. The SMILES string of the molecule is CCc1nc(-c2nc3ccccc3[nH]2)c(N2CCN(C(=O)Cn3cnc4cccnc43)[C@H](C)C2)s1. The highest BCUT2D eigenvalue weighted by Gasteiger charge is 2.31. The van der Waals surface area contributed by atoms with Crippen LogP contribution in [-0.4, -0.2) is 66.0 Å². The van der Waals surface area contributed by atoms with Gasteiger partial charge in [0.25, 0.3) is 0 Å². The normalized spacial score (nSPS) is 16.5. The molecule has 5 aromatic rings. The summed E-state index contributed by atoms with van der Waals surface area (Å²) >= 11 is 1.72. The van der Waals surface area contributed by atoms with E-state index in [1.807, 2.05) is 45.9 Å². The molecule has 1 fully saturated rings. The second-order valence-electron chi connectivity index (χ2n) is 8.82. The molecule has 10 heteroatoms. The summed E-state index contributed by atoms with van der Waals surface area (Å²) in [4.78, 5) is 39.4. The van der Waals surface area contributed by atoms with Gasteiger partial charge < -0.3 is 19.4 Å². The molecule has 5 heterocycles. The number of anilines is 1. The molecule has 4 aromatic heterocycles. The topological polar surface area (TPSA) is 95.8 Å². The van der Waals surface area contributed by atoms with Crippen molar-refractivity contribution in [3.8, 4) is 11.5 Å². The van der Waals surface area contributed by atoms with E-state index in [0.29, 0.717) is 6.54 Å². The van der Waals surface area contributed by atoms with Crippen molar-refractivity contribution in [2.45, 2.75) is 32.9 Å². The molecule has 1 amide bonds. The van der Waals surface area contributed by atoms with Crippen molar-refractivity contribution in [1.29, 1.82) is 0 Å². The number of hydrogen-bond donors (Lipinski definition) is 1. The minimum absolute atomic E-state index is 0.0645. The predicted octanol–water partition coefficient (Wildman–Crippen LogP) is 3.73. The summed E-state index contributed by atoms with van der Waals surface area (Å²) in [6.07, 6.45) is 4.30. The van der Waals surface area contributed by atoms with Crippen LogP contribution in [0.15, 0.2) is 48.9 Å². The summed E-state index contributed by atoms with van der Waals surface area (Å²) in [7, 11) is 0. The molecule has 0 bridgehead atoms. The Labute approximate surface area is 206 Å². The highest BCUT2D eigenvalue weighted by Crippen LogP contribution is 2.37. The van der Waals surface area contributed by atoms with E-state index in [9.17, 15) is 4.79 Å². The van der Waals surface area contributed by atoms with Crippen LogP contribution in [0.5, 0.6) is 0 Å². The molecule has 9 nitrogen and oxygen atoms in total. The molecule has 0 saturated carbocycles. The minimum Gasteiger partial charge on any atom is -0.358 e.